The van der Waals surface area contributed by atoms with E-state index in [4.69, 9.17) is 11.6 Å². The number of alkyl halides is 1. The summed E-state index contributed by atoms with van der Waals surface area (Å²) in [5.41, 5.74) is 0.940. The van der Waals surface area contributed by atoms with Gasteiger partial charge in [0.25, 0.3) is 5.91 Å². The first-order valence-corrected chi connectivity index (χ1v) is 6.25. The lowest BCUT2D eigenvalue weighted by atomic mass is 10.1. The topological polar surface area (TPSA) is 20.3 Å². The summed E-state index contributed by atoms with van der Waals surface area (Å²) in [5, 5.41) is 0. The van der Waals surface area contributed by atoms with Crippen LogP contribution in [0.15, 0.2) is 18.2 Å². The fraction of sp³-hybridized carbons (Fsp3) is 0.462. The van der Waals surface area contributed by atoms with Gasteiger partial charge in [0, 0.05) is 19.0 Å². The minimum absolute atomic E-state index is 0.132. The zero-order chi connectivity index (χ0) is 12.8. The molecule has 0 saturated heterocycles. The Labute approximate surface area is 106 Å². The van der Waals surface area contributed by atoms with Gasteiger partial charge in [-0.3, -0.25) is 4.79 Å². The molecule has 2 nitrogen and oxygen atoms in total. The standard InChI is InChI=1S/C13H17ClFNO/c1-3-16(8-4-7-14)13(17)11-6-5-10(2)9-12(11)15/h5-6,9H,3-4,7-8H2,1-2H3. The molecule has 0 aliphatic rings. The number of carbonyl (C=O) groups excluding carboxylic acids is 1. The molecule has 0 spiro atoms. The van der Waals surface area contributed by atoms with Gasteiger partial charge in [-0.15, -0.1) is 11.6 Å². The maximum Gasteiger partial charge on any atom is 0.256 e. The third-order valence-electron chi connectivity index (χ3n) is 2.59. The van der Waals surface area contributed by atoms with Gasteiger partial charge in [-0.1, -0.05) is 6.07 Å². The van der Waals surface area contributed by atoms with Crippen LogP contribution in [0.3, 0.4) is 0 Å². The fourth-order valence-electron chi connectivity index (χ4n) is 1.62. The van der Waals surface area contributed by atoms with E-state index in [9.17, 15) is 9.18 Å². The minimum Gasteiger partial charge on any atom is -0.339 e. The Balaban J connectivity index is 2.86. The van der Waals surface area contributed by atoms with Crippen LogP contribution in [0, 0.1) is 12.7 Å². The third kappa shape index (κ3) is 3.70. The predicted molar refractivity (Wildman–Crippen MR) is 68.1 cm³/mol. The summed E-state index contributed by atoms with van der Waals surface area (Å²) < 4.78 is 13.6. The lowest BCUT2D eigenvalue weighted by Crippen LogP contribution is -2.32. The van der Waals surface area contributed by atoms with Crippen molar-refractivity contribution >= 4 is 17.5 Å². The molecule has 1 aromatic carbocycles. The second-order valence-corrected chi connectivity index (χ2v) is 4.29. The van der Waals surface area contributed by atoms with Crippen molar-refractivity contribution in [3.8, 4) is 0 Å². The average molecular weight is 258 g/mol. The van der Waals surface area contributed by atoms with Crippen molar-refractivity contribution in [1.29, 1.82) is 0 Å². The molecule has 0 atom stereocenters. The molecular formula is C13H17ClFNO. The summed E-state index contributed by atoms with van der Waals surface area (Å²) >= 11 is 5.59. The number of halogens is 2. The second-order valence-electron chi connectivity index (χ2n) is 3.91. The van der Waals surface area contributed by atoms with Gasteiger partial charge in [0.1, 0.15) is 5.82 Å². The molecule has 0 aromatic heterocycles. The first kappa shape index (κ1) is 14.0. The molecule has 17 heavy (non-hydrogen) atoms. The number of amides is 1. The van der Waals surface area contributed by atoms with Crippen LogP contribution in [0.25, 0.3) is 0 Å². The minimum atomic E-state index is -0.459. The largest absolute Gasteiger partial charge is 0.339 e. The molecule has 0 aliphatic carbocycles. The molecule has 1 aromatic rings. The smallest absolute Gasteiger partial charge is 0.256 e. The first-order valence-electron chi connectivity index (χ1n) is 5.71. The number of carbonyl (C=O) groups is 1. The summed E-state index contributed by atoms with van der Waals surface area (Å²) in [6, 6.07) is 4.66. The molecule has 1 amide bonds. The second kappa shape index (κ2) is 6.60. The van der Waals surface area contributed by atoms with Crippen molar-refractivity contribution in [3.63, 3.8) is 0 Å². The normalized spacial score (nSPS) is 10.4. The summed E-state index contributed by atoms with van der Waals surface area (Å²) in [4.78, 5) is 13.7. The maximum absolute atomic E-state index is 13.6. The van der Waals surface area contributed by atoms with Crippen LogP contribution in [-0.2, 0) is 0 Å². The maximum atomic E-state index is 13.6. The highest BCUT2D eigenvalue weighted by Gasteiger charge is 2.17. The van der Waals surface area contributed by atoms with Gasteiger partial charge >= 0.3 is 0 Å². The molecule has 94 valence electrons. The monoisotopic (exact) mass is 257 g/mol. The number of hydrogen-bond donors (Lipinski definition) is 0. The van der Waals surface area contributed by atoms with Crippen LogP contribution in [0.5, 0.6) is 0 Å². The van der Waals surface area contributed by atoms with E-state index >= 15 is 0 Å². The van der Waals surface area contributed by atoms with E-state index in [-0.39, 0.29) is 11.5 Å². The van der Waals surface area contributed by atoms with Gasteiger partial charge in [-0.05, 0) is 38.0 Å². The molecule has 0 fully saturated rings. The molecule has 4 heteroatoms. The molecule has 0 radical (unpaired) electrons. The van der Waals surface area contributed by atoms with E-state index < -0.39 is 5.82 Å². The lowest BCUT2D eigenvalue weighted by Gasteiger charge is -2.20. The molecule has 0 aliphatic heterocycles. The molecule has 0 bridgehead atoms. The van der Waals surface area contributed by atoms with Crippen LogP contribution in [0.2, 0.25) is 0 Å². The Bertz CT molecular complexity index is 395. The highest BCUT2D eigenvalue weighted by atomic mass is 35.5. The van der Waals surface area contributed by atoms with E-state index in [0.717, 1.165) is 5.56 Å². The molecule has 0 N–H and O–H groups in total. The SMILES string of the molecule is CCN(CCCCl)C(=O)c1ccc(C)cc1F. The van der Waals surface area contributed by atoms with Gasteiger partial charge in [-0.25, -0.2) is 4.39 Å². The number of nitrogens with zero attached hydrogens (tertiary/aromatic N) is 1. The summed E-state index contributed by atoms with van der Waals surface area (Å²) in [5.74, 6) is -0.227. The van der Waals surface area contributed by atoms with Gasteiger partial charge in [0.2, 0.25) is 0 Å². The van der Waals surface area contributed by atoms with Crippen molar-refractivity contribution in [2.75, 3.05) is 19.0 Å². The highest BCUT2D eigenvalue weighted by Crippen LogP contribution is 2.13. The van der Waals surface area contributed by atoms with Crippen molar-refractivity contribution < 1.29 is 9.18 Å². The third-order valence-corrected chi connectivity index (χ3v) is 2.85. The molecule has 0 unspecified atom stereocenters. The first-order chi connectivity index (χ1) is 8.10. The van der Waals surface area contributed by atoms with E-state index in [0.29, 0.717) is 25.4 Å². The van der Waals surface area contributed by atoms with Crippen molar-refractivity contribution in [3.05, 3.63) is 35.1 Å². The zero-order valence-electron chi connectivity index (χ0n) is 10.2. The van der Waals surface area contributed by atoms with Gasteiger partial charge in [0.15, 0.2) is 0 Å². The molecule has 0 heterocycles. The Morgan fingerprint density at radius 3 is 2.71 bits per heavy atom. The number of benzene rings is 1. The van der Waals surface area contributed by atoms with Crippen molar-refractivity contribution in [2.24, 2.45) is 0 Å². The van der Waals surface area contributed by atoms with Crippen molar-refractivity contribution in [2.45, 2.75) is 20.3 Å². The van der Waals surface area contributed by atoms with Crippen LogP contribution < -0.4 is 0 Å². The lowest BCUT2D eigenvalue weighted by molar-refractivity contribution is 0.0760. The van der Waals surface area contributed by atoms with Gasteiger partial charge in [-0.2, -0.15) is 0 Å². The van der Waals surface area contributed by atoms with E-state index in [1.807, 2.05) is 6.92 Å². The van der Waals surface area contributed by atoms with Crippen LogP contribution >= 0.6 is 11.6 Å². The van der Waals surface area contributed by atoms with Crippen LogP contribution in [-0.4, -0.2) is 29.8 Å². The quantitative estimate of drug-likeness (QED) is 0.742. The van der Waals surface area contributed by atoms with Crippen LogP contribution in [0.1, 0.15) is 29.3 Å². The van der Waals surface area contributed by atoms with E-state index in [2.05, 4.69) is 0 Å². The summed E-state index contributed by atoms with van der Waals surface area (Å²) in [7, 11) is 0. The Kier molecular flexibility index (Phi) is 5.42. The molecular weight excluding hydrogens is 241 g/mol. The zero-order valence-corrected chi connectivity index (χ0v) is 10.9. The fourth-order valence-corrected chi connectivity index (χ4v) is 1.74. The number of rotatable bonds is 5. The molecule has 0 saturated carbocycles. The van der Waals surface area contributed by atoms with Gasteiger partial charge < -0.3 is 4.90 Å². The van der Waals surface area contributed by atoms with E-state index in [1.54, 1.807) is 17.9 Å². The highest BCUT2D eigenvalue weighted by molar-refractivity contribution is 6.17. The Morgan fingerprint density at radius 2 is 2.18 bits per heavy atom. The average Bonchev–Trinajstić information content (AvgIpc) is 2.29. The number of aryl methyl sites for hydroxylation is 1. The van der Waals surface area contributed by atoms with Crippen LogP contribution in [0.4, 0.5) is 4.39 Å². The Hall–Kier alpha value is -1.09. The van der Waals surface area contributed by atoms with E-state index in [1.165, 1.54) is 12.1 Å². The summed E-state index contributed by atoms with van der Waals surface area (Å²) in [6.07, 6.45) is 0.717. The molecule has 1 rings (SSSR count). The van der Waals surface area contributed by atoms with Gasteiger partial charge in [0.05, 0.1) is 5.56 Å². The van der Waals surface area contributed by atoms with Crippen molar-refractivity contribution in [1.82, 2.24) is 4.90 Å². The Morgan fingerprint density at radius 1 is 1.47 bits per heavy atom. The summed E-state index contributed by atoms with van der Waals surface area (Å²) in [6.45, 7) is 4.79. The number of hydrogen-bond acceptors (Lipinski definition) is 1. The predicted octanol–water partition coefficient (Wildman–Crippen LogP) is 3.23.